The zero-order valence-corrected chi connectivity index (χ0v) is 14.6. The second-order valence-electron chi connectivity index (χ2n) is 5.15. The quantitative estimate of drug-likeness (QED) is 0.800. The summed E-state index contributed by atoms with van der Waals surface area (Å²) in [6.07, 6.45) is 1.08. The van der Waals surface area contributed by atoms with Crippen LogP contribution in [0.25, 0.3) is 0 Å². The molecule has 0 unspecified atom stereocenters. The standard InChI is InChI=1S/C18H23BrN2/c1-4-14-6-9-16(10-7-14)21(3)18-11-8-15(12-17(18)19)13-20-5-2/h6-12,20H,4-5,13H2,1-3H3. The molecule has 0 heterocycles. The molecule has 0 bridgehead atoms. The Morgan fingerprint density at radius 3 is 2.24 bits per heavy atom. The molecule has 0 radical (unpaired) electrons. The highest BCUT2D eigenvalue weighted by molar-refractivity contribution is 9.10. The monoisotopic (exact) mass is 346 g/mol. The molecule has 0 spiro atoms. The zero-order valence-electron chi connectivity index (χ0n) is 13.0. The normalized spacial score (nSPS) is 10.7. The lowest BCUT2D eigenvalue weighted by Gasteiger charge is -2.22. The fourth-order valence-electron chi connectivity index (χ4n) is 2.30. The van der Waals surface area contributed by atoms with Gasteiger partial charge in [-0.05, 0) is 64.3 Å². The highest BCUT2D eigenvalue weighted by atomic mass is 79.9. The first-order chi connectivity index (χ1) is 10.2. The molecule has 112 valence electrons. The summed E-state index contributed by atoms with van der Waals surface area (Å²) in [6, 6.07) is 15.3. The van der Waals surface area contributed by atoms with E-state index < -0.39 is 0 Å². The van der Waals surface area contributed by atoms with Crippen LogP contribution in [-0.4, -0.2) is 13.6 Å². The van der Waals surface area contributed by atoms with Crippen molar-refractivity contribution in [3.05, 3.63) is 58.1 Å². The number of hydrogen-bond acceptors (Lipinski definition) is 2. The van der Waals surface area contributed by atoms with Gasteiger partial charge in [0, 0.05) is 23.8 Å². The number of halogens is 1. The van der Waals surface area contributed by atoms with Crippen LogP contribution in [-0.2, 0) is 13.0 Å². The molecule has 1 N–H and O–H groups in total. The van der Waals surface area contributed by atoms with Crippen LogP contribution in [0.4, 0.5) is 11.4 Å². The van der Waals surface area contributed by atoms with E-state index in [-0.39, 0.29) is 0 Å². The van der Waals surface area contributed by atoms with Gasteiger partial charge in [0.1, 0.15) is 0 Å². The number of benzene rings is 2. The molecular formula is C18H23BrN2. The van der Waals surface area contributed by atoms with Gasteiger partial charge in [0.25, 0.3) is 0 Å². The van der Waals surface area contributed by atoms with E-state index in [0.29, 0.717) is 0 Å². The number of aryl methyl sites for hydroxylation is 1. The van der Waals surface area contributed by atoms with Gasteiger partial charge in [-0.1, -0.05) is 32.0 Å². The Labute approximate surface area is 136 Å². The lowest BCUT2D eigenvalue weighted by molar-refractivity contribution is 0.726. The zero-order chi connectivity index (χ0) is 15.2. The molecule has 0 aromatic heterocycles. The van der Waals surface area contributed by atoms with E-state index in [1.54, 1.807) is 0 Å². The van der Waals surface area contributed by atoms with Crippen molar-refractivity contribution in [2.45, 2.75) is 26.8 Å². The molecule has 0 aliphatic rings. The summed E-state index contributed by atoms with van der Waals surface area (Å²) in [5.74, 6) is 0. The predicted molar refractivity (Wildman–Crippen MR) is 95.4 cm³/mol. The molecule has 21 heavy (non-hydrogen) atoms. The predicted octanol–water partition coefficient (Wildman–Crippen LogP) is 4.89. The molecule has 2 nitrogen and oxygen atoms in total. The van der Waals surface area contributed by atoms with E-state index >= 15 is 0 Å². The summed E-state index contributed by atoms with van der Waals surface area (Å²) in [5.41, 5.74) is 5.04. The van der Waals surface area contributed by atoms with Gasteiger partial charge >= 0.3 is 0 Å². The van der Waals surface area contributed by atoms with Crippen LogP contribution >= 0.6 is 15.9 Å². The van der Waals surface area contributed by atoms with Gasteiger partial charge in [-0.15, -0.1) is 0 Å². The summed E-state index contributed by atoms with van der Waals surface area (Å²) in [5, 5.41) is 3.35. The minimum atomic E-state index is 0.907. The second-order valence-corrected chi connectivity index (χ2v) is 6.00. The van der Waals surface area contributed by atoms with Crippen molar-refractivity contribution in [2.24, 2.45) is 0 Å². The Bertz CT molecular complexity index is 578. The summed E-state index contributed by atoms with van der Waals surface area (Å²) < 4.78 is 1.12. The molecule has 0 saturated carbocycles. The highest BCUT2D eigenvalue weighted by Gasteiger charge is 2.08. The van der Waals surface area contributed by atoms with Crippen molar-refractivity contribution in [1.29, 1.82) is 0 Å². The van der Waals surface area contributed by atoms with Gasteiger partial charge in [-0.25, -0.2) is 0 Å². The molecule has 0 amide bonds. The average Bonchev–Trinajstić information content (AvgIpc) is 2.52. The van der Waals surface area contributed by atoms with Gasteiger partial charge < -0.3 is 10.2 Å². The maximum Gasteiger partial charge on any atom is 0.0552 e. The Morgan fingerprint density at radius 2 is 1.67 bits per heavy atom. The van der Waals surface area contributed by atoms with Crippen molar-refractivity contribution < 1.29 is 0 Å². The van der Waals surface area contributed by atoms with E-state index in [0.717, 1.165) is 24.0 Å². The Kier molecular flexibility index (Phi) is 5.83. The largest absolute Gasteiger partial charge is 0.344 e. The number of rotatable bonds is 6. The summed E-state index contributed by atoms with van der Waals surface area (Å²) in [6.45, 7) is 6.20. The van der Waals surface area contributed by atoms with E-state index in [1.165, 1.54) is 22.5 Å². The van der Waals surface area contributed by atoms with E-state index in [1.807, 2.05) is 0 Å². The lowest BCUT2D eigenvalue weighted by atomic mass is 10.1. The van der Waals surface area contributed by atoms with Crippen molar-refractivity contribution >= 4 is 27.3 Å². The SMILES string of the molecule is CCNCc1ccc(N(C)c2ccc(CC)cc2)c(Br)c1. The van der Waals surface area contributed by atoms with Crippen LogP contribution in [0.5, 0.6) is 0 Å². The number of anilines is 2. The van der Waals surface area contributed by atoms with Gasteiger partial charge in [0.05, 0.1) is 5.69 Å². The molecule has 0 aliphatic carbocycles. The molecule has 3 heteroatoms. The average molecular weight is 347 g/mol. The van der Waals surface area contributed by atoms with Crippen LogP contribution in [0, 0.1) is 0 Å². The second kappa shape index (κ2) is 7.62. The first-order valence-corrected chi connectivity index (χ1v) is 8.26. The first-order valence-electron chi connectivity index (χ1n) is 7.47. The van der Waals surface area contributed by atoms with Crippen LogP contribution in [0.2, 0.25) is 0 Å². The number of nitrogens with zero attached hydrogens (tertiary/aromatic N) is 1. The summed E-state index contributed by atoms with van der Waals surface area (Å²) >= 11 is 3.70. The maximum absolute atomic E-state index is 3.70. The summed E-state index contributed by atoms with van der Waals surface area (Å²) in [4.78, 5) is 2.21. The first kappa shape index (κ1) is 16.1. The van der Waals surface area contributed by atoms with E-state index in [9.17, 15) is 0 Å². The summed E-state index contributed by atoms with van der Waals surface area (Å²) in [7, 11) is 2.10. The Balaban J connectivity index is 2.19. The van der Waals surface area contributed by atoms with Gasteiger partial charge in [0.2, 0.25) is 0 Å². The van der Waals surface area contributed by atoms with Gasteiger partial charge in [0.15, 0.2) is 0 Å². The van der Waals surface area contributed by atoms with Crippen molar-refractivity contribution in [2.75, 3.05) is 18.5 Å². The van der Waals surface area contributed by atoms with Gasteiger partial charge in [-0.3, -0.25) is 0 Å². The molecule has 2 aromatic rings. The topological polar surface area (TPSA) is 15.3 Å². The van der Waals surface area contributed by atoms with E-state index in [4.69, 9.17) is 0 Å². The fraction of sp³-hybridized carbons (Fsp3) is 0.333. The molecule has 2 aromatic carbocycles. The molecule has 0 fully saturated rings. The minimum absolute atomic E-state index is 0.907. The van der Waals surface area contributed by atoms with Crippen LogP contribution in [0.15, 0.2) is 46.9 Å². The highest BCUT2D eigenvalue weighted by Crippen LogP contribution is 2.31. The minimum Gasteiger partial charge on any atom is -0.344 e. The fourth-order valence-corrected chi connectivity index (χ4v) is 2.99. The van der Waals surface area contributed by atoms with Gasteiger partial charge in [-0.2, -0.15) is 0 Å². The number of nitrogens with one attached hydrogen (secondary N) is 1. The molecule has 0 atom stereocenters. The third-order valence-electron chi connectivity index (χ3n) is 3.68. The maximum atomic E-state index is 3.70. The van der Waals surface area contributed by atoms with E-state index in [2.05, 4.69) is 89.5 Å². The van der Waals surface area contributed by atoms with Crippen molar-refractivity contribution in [3.63, 3.8) is 0 Å². The van der Waals surface area contributed by atoms with Crippen LogP contribution < -0.4 is 10.2 Å². The third kappa shape index (κ3) is 4.08. The van der Waals surface area contributed by atoms with Crippen molar-refractivity contribution in [1.82, 2.24) is 5.32 Å². The smallest absolute Gasteiger partial charge is 0.0552 e. The molecule has 2 rings (SSSR count). The molecular weight excluding hydrogens is 324 g/mol. The lowest BCUT2D eigenvalue weighted by Crippen LogP contribution is -2.13. The molecule has 0 aliphatic heterocycles. The number of hydrogen-bond donors (Lipinski definition) is 1. The Hall–Kier alpha value is -1.32. The Morgan fingerprint density at radius 1 is 1.00 bits per heavy atom. The third-order valence-corrected chi connectivity index (χ3v) is 4.32. The van der Waals surface area contributed by atoms with Crippen LogP contribution in [0.3, 0.4) is 0 Å². The van der Waals surface area contributed by atoms with Crippen molar-refractivity contribution in [3.8, 4) is 0 Å². The van der Waals surface area contributed by atoms with Crippen LogP contribution in [0.1, 0.15) is 25.0 Å². The molecule has 0 saturated heterocycles.